The zero-order chi connectivity index (χ0) is 71.8. The fraction of sp³-hybridized carbons (Fsp3) is 0.823. The molecule has 0 saturated heterocycles. The molecule has 0 heterocycles. The molecular formula is C79H144O17P2. The number of allylic oxidation sites excluding steroid dienone is 10. The predicted molar refractivity (Wildman–Crippen MR) is 400 cm³/mol. The standard InChI is InChI=1S/C79H144O17P2/c1-5-9-13-17-21-25-29-32-35-36-39-41-45-48-52-56-60-64-77(82)90-70-75(96-79(84)66-62-58-54-50-46-42-38-34-31-27-23-19-15-11-7-3)72-94-98(87,88)92-68-73(80)67-91-97(85,86)93-71-74(95-78(83)65-61-57-53-49-43-28-24-20-16-12-8-4)69-89-76(81)63-59-55-51-47-44-40-37-33-30-26-22-18-14-10-6-2/h9,13,21,25,32-35,37-38,73-75,80H,5-8,10-12,14-20,22-24,26-31,36,39-72H2,1-4H3,(H,85,86)(H,87,88)/b13-9-,25-21-,35-32-,37-33-,38-34-. The predicted octanol–water partition coefficient (Wildman–Crippen LogP) is 22.7. The number of unbranched alkanes of at least 4 members (excludes halogenated alkanes) is 39. The van der Waals surface area contributed by atoms with Gasteiger partial charge in [0.15, 0.2) is 12.2 Å². The Bertz CT molecular complexity index is 2100. The molecular weight excluding hydrogens is 1280 g/mol. The molecule has 0 aliphatic heterocycles. The fourth-order valence-electron chi connectivity index (χ4n) is 10.9. The van der Waals surface area contributed by atoms with Crippen LogP contribution in [0, 0.1) is 0 Å². The molecule has 0 spiro atoms. The van der Waals surface area contributed by atoms with E-state index < -0.39 is 97.5 Å². The van der Waals surface area contributed by atoms with Crippen LogP contribution in [0.5, 0.6) is 0 Å². The Balaban J connectivity index is 5.31. The van der Waals surface area contributed by atoms with E-state index in [1.807, 2.05) is 0 Å². The molecule has 572 valence electrons. The first-order valence-corrected chi connectivity index (χ1v) is 42.5. The summed E-state index contributed by atoms with van der Waals surface area (Å²) in [5.41, 5.74) is 0. The summed E-state index contributed by atoms with van der Waals surface area (Å²) in [6, 6.07) is 0. The van der Waals surface area contributed by atoms with Crippen LogP contribution >= 0.6 is 15.6 Å². The summed E-state index contributed by atoms with van der Waals surface area (Å²) in [6.07, 6.45) is 70.6. The van der Waals surface area contributed by atoms with Crippen molar-refractivity contribution in [2.75, 3.05) is 39.6 Å². The largest absolute Gasteiger partial charge is 0.472 e. The van der Waals surface area contributed by atoms with Crippen LogP contribution < -0.4 is 0 Å². The quantitative estimate of drug-likeness (QED) is 0.0169. The molecule has 0 aromatic rings. The summed E-state index contributed by atoms with van der Waals surface area (Å²) in [5.74, 6) is -2.17. The number of aliphatic hydroxyl groups is 1. The minimum absolute atomic E-state index is 0.0866. The molecule has 0 aliphatic rings. The number of aliphatic hydroxyl groups excluding tert-OH is 1. The van der Waals surface area contributed by atoms with Crippen molar-refractivity contribution in [3.05, 3.63) is 60.8 Å². The molecule has 5 unspecified atom stereocenters. The van der Waals surface area contributed by atoms with Gasteiger partial charge < -0.3 is 33.8 Å². The lowest BCUT2D eigenvalue weighted by molar-refractivity contribution is -0.161. The summed E-state index contributed by atoms with van der Waals surface area (Å²) in [4.78, 5) is 72.9. The van der Waals surface area contributed by atoms with Crippen LogP contribution in [0.2, 0.25) is 0 Å². The van der Waals surface area contributed by atoms with Gasteiger partial charge in [0.25, 0.3) is 0 Å². The van der Waals surface area contributed by atoms with Crippen LogP contribution in [-0.4, -0.2) is 96.7 Å². The highest BCUT2D eigenvalue weighted by molar-refractivity contribution is 7.47. The van der Waals surface area contributed by atoms with Gasteiger partial charge in [0, 0.05) is 25.7 Å². The molecule has 0 rings (SSSR count). The summed E-state index contributed by atoms with van der Waals surface area (Å²) >= 11 is 0. The lowest BCUT2D eigenvalue weighted by atomic mass is 10.1. The van der Waals surface area contributed by atoms with E-state index in [2.05, 4.69) is 88.5 Å². The lowest BCUT2D eigenvalue weighted by Gasteiger charge is -2.21. The van der Waals surface area contributed by atoms with Gasteiger partial charge in [0.1, 0.15) is 19.3 Å². The molecule has 19 heteroatoms. The van der Waals surface area contributed by atoms with Gasteiger partial charge in [0.05, 0.1) is 26.4 Å². The van der Waals surface area contributed by atoms with E-state index in [-0.39, 0.29) is 25.7 Å². The normalized spacial score (nSPS) is 14.2. The average Bonchev–Trinajstić information content (AvgIpc) is 0.986. The first kappa shape index (κ1) is 94.8. The third-order valence-electron chi connectivity index (χ3n) is 17.0. The molecule has 0 saturated carbocycles. The molecule has 0 amide bonds. The van der Waals surface area contributed by atoms with Crippen molar-refractivity contribution in [2.24, 2.45) is 0 Å². The summed E-state index contributed by atoms with van der Waals surface area (Å²) in [5, 5.41) is 10.6. The molecule has 0 fully saturated rings. The van der Waals surface area contributed by atoms with E-state index in [0.29, 0.717) is 25.7 Å². The highest BCUT2D eigenvalue weighted by Crippen LogP contribution is 2.45. The third kappa shape index (κ3) is 71.2. The molecule has 0 radical (unpaired) electrons. The second-order valence-corrected chi connectivity index (χ2v) is 29.5. The number of rotatable bonds is 75. The van der Waals surface area contributed by atoms with E-state index >= 15 is 0 Å². The summed E-state index contributed by atoms with van der Waals surface area (Å²) in [6.45, 7) is 4.78. The molecule has 98 heavy (non-hydrogen) atoms. The minimum atomic E-state index is -4.97. The Morgan fingerprint density at radius 2 is 0.531 bits per heavy atom. The van der Waals surface area contributed by atoms with Crippen molar-refractivity contribution in [1.29, 1.82) is 0 Å². The highest BCUT2D eigenvalue weighted by Gasteiger charge is 2.30. The third-order valence-corrected chi connectivity index (χ3v) is 18.9. The van der Waals surface area contributed by atoms with Gasteiger partial charge in [-0.1, -0.05) is 288 Å². The topological polar surface area (TPSA) is 237 Å². The number of phosphoric acid groups is 2. The van der Waals surface area contributed by atoms with Gasteiger partial charge in [-0.2, -0.15) is 0 Å². The van der Waals surface area contributed by atoms with E-state index in [0.717, 1.165) is 167 Å². The molecule has 5 atom stereocenters. The number of carbonyl (C=O) groups is 4. The average molecular weight is 1430 g/mol. The fourth-order valence-corrected chi connectivity index (χ4v) is 12.5. The van der Waals surface area contributed by atoms with Crippen molar-refractivity contribution >= 4 is 39.5 Å². The zero-order valence-corrected chi connectivity index (χ0v) is 64.3. The molecule has 17 nitrogen and oxygen atoms in total. The van der Waals surface area contributed by atoms with E-state index in [1.54, 1.807) is 0 Å². The van der Waals surface area contributed by atoms with Crippen LogP contribution in [0.25, 0.3) is 0 Å². The smallest absolute Gasteiger partial charge is 0.462 e. The Morgan fingerprint density at radius 3 is 0.827 bits per heavy atom. The van der Waals surface area contributed by atoms with Crippen molar-refractivity contribution in [1.82, 2.24) is 0 Å². The highest BCUT2D eigenvalue weighted by atomic mass is 31.2. The molecule has 0 bridgehead atoms. The number of carbonyl (C=O) groups excluding carboxylic acids is 4. The minimum Gasteiger partial charge on any atom is -0.462 e. The molecule has 0 aromatic heterocycles. The van der Waals surface area contributed by atoms with E-state index in [4.69, 9.17) is 37.0 Å². The monoisotopic (exact) mass is 1430 g/mol. The number of hydrogen-bond acceptors (Lipinski definition) is 15. The number of phosphoric ester groups is 2. The lowest BCUT2D eigenvalue weighted by Crippen LogP contribution is -2.30. The van der Waals surface area contributed by atoms with E-state index in [1.165, 1.54) is 116 Å². The maximum Gasteiger partial charge on any atom is 0.472 e. The van der Waals surface area contributed by atoms with Gasteiger partial charge in [-0.15, -0.1) is 0 Å². The summed E-state index contributed by atoms with van der Waals surface area (Å²) < 4.78 is 68.5. The maximum absolute atomic E-state index is 13.1. The van der Waals surface area contributed by atoms with Crippen molar-refractivity contribution in [3.8, 4) is 0 Å². The Labute approximate surface area is 597 Å². The maximum atomic E-state index is 13.1. The van der Waals surface area contributed by atoms with Crippen molar-refractivity contribution in [3.63, 3.8) is 0 Å². The molecule has 0 aromatic carbocycles. The second-order valence-electron chi connectivity index (χ2n) is 26.6. The van der Waals surface area contributed by atoms with Crippen LogP contribution in [-0.2, 0) is 65.4 Å². The van der Waals surface area contributed by atoms with E-state index in [9.17, 15) is 43.2 Å². The first-order chi connectivity index (χ1) is 47.7. The number of hydrogen-bond donors (Lipinski definition) is 3. The Kier molecular flexibility index (Phi) is 69.7. The van der Waals surface area contributed by atoms with Gasteiger partial charge in [-0.05, 0) is 109 Å². The molecule has 0 aliphatic carbocycles. The van der Waals surface area contributed by atoms with Gasteiger partial charge in [-0.25, -0.2) is 9.13 Å². The van der Waals surface area contributed by atoms with Gasteiger partial charge >= 0.3 is 39.5 Å². The SMILES string of the molecule is CC/C=C\C/C=C\C/C=C\CCCCCCCCCC(=O)OCC(COP(=O)(O)OCC(O)COP(=O)(O)OCC(COC(=O)CCCCCCC/C=C\CCCCCCCC)OC(=O)CCCCCCCCCCCCC)OC(=O)CCCCCCC/C=C\CCCCCCCC. The molecule has 3 N–H and O–H groups in total. The first-order valence-electron chi connectivity index (χ1n) is 39.5. The Morgan fingerprint density at radius 1 is 0.296 bits per heavy atom. The Hall–Kier alpha value is -3.24. The van der Waals surface area contributed by atoms with Crippen LogP contribution in [0.3, 0.4) is 0 Å². The van der Waals surface area contributed by atoms with Crippen molar-refractivity contribution in [2.45, 2.75) is 380 Å². The van der Waals surface area contributed by atoms with Gasteiger partial charge in [-0.3, -0.25) is 37.3 Å². The van der Waals surface area contributed by atoms with Crippen molar-refractivity contribution < 1.29 is 80.2 Å². The zero-order valence-electron chi connectivity index (χ0n) is 62.5. The number of ether oxygens (including phenoxy) is 4. The van der Waals surface area contributed by atoms with Crippen LogP contribution in [0.15, 0.2) is 60.8 Å². The summed E-state index contributed by atoms with van der Waals surface area (Å²) in [7, 11) is -9.94. The van der Waals surface area contributed by atoms with Crippen LogP contribution in [0.4, 0.5) is 0 Å². The van der Waals surface area contributed by atoms with Crippen LogP contribution in [0.1, 0.15) is 362 Å². The van der Waals surface area contributed by atoms with Gasteiger partial charge in [0.2, 0.25) is 0 Å². The number of esters is 4. The second kappa shape index (κ2) is 72.1.